The Morgan fingerprint density at radius 3 is 2.57 bits per heavy atom. The zero-order chi connectivity index (χ0) is 20.4. The Hall–Kier alpha value is -3.22. The van der Waals surface area contributed by atoms with Crippen molar-refractivity contribution in [2.75, 3.05) is 33.5 Å². The van der Waals surface area contributed by atoms with Crippen LogP contribution in [-0.4, -0.2) is 45.4 Å². The second kappa shape index (κ2) is 10.8. The summed E-state index contributed by atoms with van der Waals surface area (Å²) < 4.78 is 21.2. The summed E-state index contributed by atoms with van der Waals surface area (Å²) in [5.41, 5.74) is 1.37. The van der Waals surface area contributed by atoms with Crippen molar-refractivity contribution in [2.45, 2.75) is 13.8 Å². The third-order valence-electron chi connectivity index (χ3n) is 3.72. The van der Waals surface area contributed by atoms with Crippen molar-refractivity contribution in [3.8, 4) is 17.2 Å². The highest BCUT2D eigenvalue weighted by molar-refractivity contribution is 5.92. The molecule has 7 nitrogen and oxygen atoms in total. The molecule has 0 bridgehead atoms. The zero-order valence-electron chi connectivity index (χ0n) is 16.3. The van der Waals surface area contributed by atoms with Gasteiger partial charge in [0.1, 0.15) is 12.4 Å². The SMILES string of the molecule is CCOc1ccc(C(=O)OCC(=O)NCCOc2cccc(C)c2)cc1OC. The molecule has 2 aromatic rings. The highest BCUT2D eigenvalue weighted by atomic mass is 16.5. The monoisotopic (exact) mass is 387 g/mol. The minimum Gasteiger partial charge on any atom is -0.493 e. The summed E-state index contributed by atoms with van der Waals surface area (Å²) in [5, 5.41) is 2.64. The van der Waals surface area contributed by atoms with Crippen molar-refractivity contribution in [3.05, 3.63) is 53.6 Å². The molecule has 7 heteroatoms. The normalized spacial score (nSPS) is 10.1. The molecule has 0 heterocycles. The summed E-state index contributed by atoms with van der Waals surface area (Å²) in [5.74, 6) is 0.679. The lowest BCUT2D eigenvalue weighted by Gasteiger charge is -2.11. The van der Waals surface area contributed by atoms with E-state index >= 15 is 0 Å². The van der Waals surface area contributed by atoms with E-state index in [0.717, 1.165) is 11.3 Å². The van der Waals surface area contributed by atoms with Gasteiger partial charge in [-0.1, -0.05) is 12.1 Å². The molecule has 0 aromatic heterocycles. The Kier molecular flexibility index (Phi) is 8.14. The molecule has 1 N–H and O–H groups in total. The Bertz CT molecular complexity index is 805. The Labute approximate surface area is 164 Å². The van der Waals surface area contributed by atoms with Crippen LogP contribution in [0.15, 0.2) is 42.5 Å². The van der Waals surface area contributed by atoms with Gasteiger partial charge < -0.3 is 24.3 Å². The number of esters is 1. The van der Waals surface area contributed by atoms with Gasteiger partial charge in [-0.3, -0.25) is 4.79 Å². The maximum Gasteiger partial charge on any atom is 0.338 e. The summed E-state index contributed by atoms with van der Waals surface area (Å²) in [7, 11) is 1.49. The molecule has 28 heavy (non-hydrogen) atoms. The molecular formula is C21H25NO6. The van der Waals surface area contributed by atoms with Crippen LogP contribution < -0.4 is 19.5 Å². The average Bonchev–Trinajstić information content (AvgIpc) is 2.70. The molecule has 150 valence electrons. The van der Waals surface area contributed by atoms with Crippen LogP contribution in [0.25, 0.3) is 0 Å². The predicted octanol–water partition coefficient (Wildman–Crippen LogP) is 2.75. The van der Waals surface area contributed by atoms with Gasteiger partial charge in [0.15, 0.2) is 18.1 Å². The van der Waals surface area contributed by atoms with Crippen molar-refractivity contribution in [2.24, 2.45) is 0 Å². The smallest absolute Gasteiger partial charge is 0.338 e. The van der Waals surface area contributed by atoms with Gasteiger partial charge in [0, 0.05) is 0 Å². The van der Waals surface area contributed by atoms with Gasteiger partial charge in [-0.15, -0.1) is 0 Å². The minimum absolute atomic E-state index is 0.274. The summed E-state index contributed by atoms with van der Waals surface area (Å²) in [6.07, 6.45) is 0. The lowest BCUT2D eigenvalue weighted by Crippen LogP contribution is -2.32. The molecule has 0 spiro atoms. The van der Waals surface area contributed by atoms with Gasteiger partial charge >= 0.3 is 5.97 Å². The van der Waals surface area contributed by atoms with E-state index in [1.54, 1.807) is 12.1 Å². The van der Waals surface area contributed by atoms with E-state index in [1.807, 2.05) is 38.1 Å². The molecule has 0 unspecified atom stereocenters. The van der Waals surface area contributed by atoms with Gasteiger partial charge in [-0.05, 0) is 49.7 Å². The van der Waals surface area contributed by atoms with E-state index in [2.05, 4.69) is 5.32 Å². The van der Waals surface area contributed by atoms with E-state index in [0.29, 0.717) is 31.3 Å². The Balaban J connectivity index is 1.73. The maximum absolute atomic E-state index is 12.1. The van der Waals surface area contributed by atoms with Crippen molar-refractivity contribution in [1.82, 2.24) is 5.32 Å². The standard InChI is InChI=1S/C21H25NO6/c1-4-26-18-9-8-16(13-19(18)25-3)21(24)28-14-20(23)22-10-11-27-17-7-5-6-15(2)12-17/h5-9,12-13H,4,10-11,14H2,1-3H3,(H,22,23). The average molecular weight is 387 g/mol. The molecule has 0 fully saturated rings. The topological polar surface area (TPSA) is 83.1 Å². The number of ether oxygens (including phenoxy) is 4. The molecule has 0 saturated carbocycles. The van der Waals surface area contributed by atoms with Gasteiger partial charge in [-0.25, -0.2) is 4.79 Å². The lowest BCUT2D eigenvalue weighted by atomic mass is 10.2. The number of hydrogen-bond donors (Lipinski definition) is 1. The van der Waals surface area contributed by atoms with Crippen LogP contribution in [0.5, 0.6) is 17.2 Å². The first-order valence-electron chi connectivity index (χ1n) is 8.97. The first kappa shape index (κ1) is 21.1. The number of carbonyl (C=O) groups is 2. The fourth-order valence-corrected chi connectivity index (χ4v) is 2.40. The third kappa shape index (κ3) is 6.50. The molecule has 0 aliphatic carbocycles. The zero-order valence-corrected chi connectivity index (χ0v) is 16.3. The summed E-state index contributed by atoms with van der Waals surface area (Å²) in [6.45, 7) is 4.56. The van der Waals surface area contributed by atoms with Gasteiger partial charge in [0.2, 0.25) is 0 Å². The van der Waals surface area contributed by atoms with E-state index in [-0.39, 0.29) is 12.2 Å². The molecule has 2 aromatic carbocycles. The van der Waals surface area contributed by atoms with E-state index in [4.69, 9.17) is 18.9 Å². The molecule has 0 saturated heterocycles. The first-order chi connectivity index (χ1) is 13.5. The maximum atomic E-state index is 12.1. The number of amides is 1. The first-order valence-corrected chi connectivity index (χ1v) is 8.97. The second-order valence-corrected chi connectivity index (χ2v) is 5.89. The number of aryl methyl sites for hydroxylation is 1. The van der Waals surface area contributed by atoms with Crippen molar-refractivity contribution in [3.63, 3.8) is 0 Å². The Morgan fingerprint density at radius 2 is 1.86 bits per heavy atom. The number of benzene rings is 2. The third-order valence-corrected chi connectivity index (χ3v) is 3.72. The van der Waals surface area contributed by atoms with Crippen LogP contribution in [0, 0.1) is 6.92 Å². The van der Waals surface area contributed by atoms with Crippen LogP contribution >= 0.6 is 0 Å². The molecule has 0 radical (unpaired) electrons. The van der Waals surface area contributed by atoms with E-state index in [1.165, 1.54) is 13.2 Å². The number of methoxy groups -OCH3 is 1. The molecule has 0 aliphatic rings. The van der Waals surface area contributed by atoms with Crippen LogP contribution in [-0.2, 0) is 9.53 Å². The predicted molar refractivity (Wildman–Crippen MR) is 104 cm³/mol. The fourth-order valence-electron chi connectivity index (χ4n) is 2.40. The quantitative estimate of drug-likeness (QED) is 0.499. The van der Waals surface area contributed by atoms with Crippen LogP contribution in [0.1, 0.15) is 22.8 Å². The fraction of sp³-hybridized carbons (Fsp3) is 0.333. The van der Waals surface area contributed by atoms with E-state index in [9.17, 15) is 9.59 Å². The van der Waals surface area contributed by atoms with Gasteiger partial charge in [0.25, 0.3) is 5.91 Å². The van der Waals surface area contributed by atoms with Gasteiger partial charge in [0.05, 0.1) is 25.8 Å². The number of nitrogens with one attached hydrogen (secondary N) is 1. The highest BCUT2D eigenvalue weighted by Gasteiger charge is 2.13. The summed E-state index contributed by atoms with van der Waals surface area (Å²) in [6, 6.07) is 12.3. The molecule has 0 atom stereocenters. The van der Waals surface area contributed by atoms with E-state index < -0.39 is 11.9 Å². The number of rotatable bonds is 10. The lowest BCUT2D eigenvalue weighted by molar-refractivity contribution is -0.124. The van der Waals surface area contributed by atoms with Gasteiger partial charge in [-0.2, -0.15) is 0 Å². The van der Waals surface area contributed by atoms with Crippen LogP contribution in [0.4, 0.5) is 0 Å². The molecule has 1 amide bonds. The summed E-state index contributed by atoms with van der Waals surface area (Å²) in [4.78, 5) is 23.9. The summed E-state index contributed by atoms with van der Waals surface area (Å²) >= 11 is 0. The second-order valence-electron chi connectivity index (χ2n) is 5.89. The molecule has 2 rings (SSSR count). The minimum atomic E-state index is -0.618. The molecular weight excluding hydrogens is 362 g/mol. The van der Waals surface area contributed by atoms with Crippen LogP contribution in [0.2, 0.25) is 0 Å². The van der Waals surface area contributed by atoms with Crippen LogP contribution in [0.3, 0.4) is 0 Å². The molecule has 0 aliphatic heterocycles. The van der Waals surface area contributed by atoms with Crippen molar-refractivity contribution < 1.29 is 28.5 Å². The number of carbonyl (C=O) groups excluding carboxylic acids is 2. The van der Waals surface area contributed by atoms with Crippen molar-refractivity contribution in [1.29, 1.82) is 0 Å². The largest absolute Gasteiger partial charge is 0.493 e. The Morgan fingerprint density at radius 1 is 1.04 bits per heavy atom. The highest BCUT2D eigenvalue weighted by Crippen LogP contribution is 2.28. The number of hydrogen-bond acceptors (Lipinski definition) is 6. The van der Waals surface area contributed by atoms with Crippen molar-refractivity contribution >= 4 is 11.9 Å².